The highest BCUT2D eigenvalue weighted by Gasteiger charge is 2.19. The molecule has 2 heteroatoms. The van der Waals surface area contributed by atoms with Crippen molar-refractivity contribution in [1.82, 2.24) is 0 Å². The molecule has 1 atom stereocenters. The molecule has 0 bridgehead atoms. The Labute approximate surface area is 61.8 Å². The van der Waals surface area contributed by atoms with Crippen LogP contribution in [0, 0.1) is 5.41 Å². The maximum atomic E-state index is 8.56. The van der Waals surface area contributed by atoms with Crippen LogP contribution in [0.15, 0.2) is 0 Å². The fourth-order valence-corrected chi connectivity index (χ4v) is 1.09. The summed E-state index contributed by atoms with van der Waals surface area (Å²) >= 11 is 1.59. The van der Waals surface area contributed by atoms with Crippen molar-refractivity contribution in [2.45, 2.75) is 32.9 Å². The van der Waals surface area contributed by atoms with E-state index in [0.717, 1.165) is 0 Å². The molecule has 0 spiro atoms. The van der Waals surface area contributed by atoms with Gasteiger partial charge in [0.05, 0.1) is 5.94 Å². The van der Waals surface area contributed by atoms with E-state index in [0.29, 0.717) is 10.7 Å². The van der Waals surface area contributed by atoms with Gasteiger partial charge in [-0.3, -0.25) is 0 Å². The SMILES string of the molecule is CC(SCO)C(C)(C)C. The van der Waals surface area contributed by atoms with Crippen LogP contribution in [0.1, 0.15) is 27.7 Å². The molecule has 0 saturated heterocycles. The third kappa shape index (κ3) is 3.82. The zero-order valence-corrected chi connectivity index (χ0v) is 7.46. The zero-order valence-electron chi connectivity index (χ0n) is 6.64. The largest absolute Gasteiger partial charge is 0.386 e. The van der Waals surface area contributed by atoms with Crippen LogP contribution in [0.25, 0.3) is 0 Å². The Morgan fingerprint density at radius 2 is 1.89 bits per heavy atom. The van der Waals surface area contributed by atoms with Crippen LogP contribution in [-0.4, -0.2) is 16.3 Å². The fraction of sp³-hybridized carbons (Fsp3) is 1.00. The van der Waals surface area contributed by atoms with E-state index in [1.807, 2.05) is 0 Å². The Hall–Kier alpha value is 0.310. The molecule has 56 valence electrons. The van der Waals surface area contributed by atoms with Gasteiger partial charge in [0.1, 0.15) is 0 Å². The summed E-state index contributed by atoms with van der Waals surface area (Å²) in [7, 11) is 0. The number of thioether (sulfide) groups is 1. The van der Waals surface area contributed by atoms with E-state index in [-0.39, 0.29) is 5.94 Å². The first-order valence-electron chi connectivity index (χ1n) is 3.21. The summed E-state index contributed by atoms with van der Waals surface area (Å²) in [6.07, 6.45) is 0. The lowest BCUT2D eigenvalue weighted by molar-refractivity contribution is 0.365. The smallest absolute Gasteiger partial charge is 0.0888 e. The van der Waals surface area contributed by atoms with E-state index < -0.39 is 0 Å². The zero-order chi connectivity index (χ0) is 7.49. The third-order valence-corrected chi connectivity index (χ3v) is 2.90. The van der Waals surface area contributed by atoms with Gasteiger partial charge in [-0.15, -0.1) is 11.8 Å². The van der Waals surface area contributed by atoms with Gasteiger partial charge in [0, 0.05) is 5.25 Å². The maximum Gasteiger partial charge on any atom is 0.0888 e. The summed E-state index contributed by atoms with van der Waals surface area (Å²) in [4.78, 5) is 0. The van der Waals surface area contributed by atoms with Crippen LogP contribution in [0.4, 0.5) is 0 Å². The Balaban J connectivity index is 3.59. The van der Waals surface area contributed by atoms with Crippen molar-refractivity contribution in [2.24, 2.45) is 5.41 Å². The maximum absolute atomic E-state index is 8.56. The van der Waals surface area contributed by atoms with Gasteiger partial charge >= 0.3 is 0 Å². The Morgan fingerprint density at radius 3 is 2.00 bits per heavy atom. The van der Waals surface area contributed by atoms with Crippen molar-refractivity contribution in [2.75, 3.05) is 5.94 Å². The lowest BCUT2D eigenvalue weighted by atomic mass is 9.93. The van der Waals surface area contributed by atoms with Gasteiger partial charge in [-0.25, -0.2) is 0 Å². The summed E-state index contributed by atoms with van der Waals surface area (Å²) in [5.41, 5.74) is 0.313. The number of aliphatic hydroxyl groups is 1. The average molecular weight is 148 g/mol. The van der Waals surface area contributed by atoms with Gasteiger partial charge < -0.3 is 5.11 Å². The van der Waals surface area contributed by atoms with E-state index in [9.17, 15) is 0 Å². The van der Waals surface area contributed by atoms with E-state index in [4.69, 9.17) is 5.11 Å². The predicted octanol–water partition coefficient (Wildman–Crippen LogP) is 2.10. The molecule has 1 unspecified atom stereocenters. The lowest BCUT2D eigenvalue weighted by Crippen LogP contribution is -2.19. The number of rotatable bonds is 2. The monoisotopic (exact) mass is 148 g/mol. The first kappa shape index (κ1) is 9.31. The molecular weight excluding hydrogens is 132 g/mol. The van der Waals surface area contributed by atoms with Crippen LogP contribution >= 0.6 is 11.8 Å². The molecule has 0 aliphatic heterocycles. The molecule has 0 aromatic heterocycles. The van der Waals surface area contributed by atoms with Crippen molar-refractivity contribution in [1.29, 1.82) is 0 Å². The molecule has 0 rings (SSSR count). The van der Waals surface area contributed by atoms with E-state index in [1.54, 1.807) is 11.8 Å². The molecule has 0 radical (unpaired) electrons. The van der Waals surface area contributed by atoms with Gasteiger partial charge in [-0.05, 0) is 5.41 Å². The first-order chi connectivity index (χ1) is 3.98. The molecule has 0 aliphatic rings. The van der Waals surface area contributed by atoms with Gasteiger partial charge in [0.25, 0.3) is 0 Å². The highest BCUT2D eigenvalue weighted by molar-refractivity contribution is 7.99. The minimum Gasteiger partial charge on any atom is -0.386 e. The first-order valence-corrected chi connectivity index (χ1v) is 4.26. The molecule has 0 aromatic rings. The standard InChI is InChI=1S/C7H16OS/c1-6(9-5-8)7(2,3)4/h6,8H,5H2,1-4H3. The van der Waals surface area contributed by atoms with Crippen molar-refractivity contribution in [3.63, 3.8) is 0 Å². The molecule has 0 heterocycles. The van der Waals surface area contributed by atoms with E-state index in [1.165, 1.54) is 0 Å². The number of hydrogen-bond acceptors (Lipinski definition) is 2. The molecule has 1 nitrogen and oxygen atoms in total. The second-order valence-corrected chi connectivity index (χ2v) is 4.60. The summed E-state index contributed by atoms with van der Waals surface area (Å²) < 4.78 is 0. The minimum atomic E-state index is 0.235. The second kappa shape index (κ2) is 3.47. The van der Waals surface area contributed by atoms with Crippen LogP contribution in [0.3, 0.4) is 0 Å². The summed E-state index contributed by atoms with van der Waals surface area (Å²) in [5, 5.41) is 9.09. The minimum absolute atomic E-state index is 0.235. The van der Waals surface area contributed by atoms with Crippen molar-refractivity contribution < 1.29 is 5.11 Å². The molecular formula is C7H16OS. The van der Waals surface area contributed by atoms with Crippen molar-refractivity contribution >= 4 is 11.8 Å². The Kier molecular flexibility index (Phi) is 3.59. The van der Waals surface area contributed by atoms with Gasteiger partial charge in [-0.2, -0.15) is 0 Å². The van der Waals surface area contributed by atoms with Crippen LogP contribution < -0.4 is 0 Å². The van der Waals surface area contributed by atoms with Gasteiger partial charge in [0.2, 0.25) is 0 Å². The molecule has 0 fully saturated rings. The highest BCUT2D eigenvalue weighted by Crippen LogP contribution is 2.28. The summed E-state index contributed by atoms with van der Waals surface area (Å²) in [6.45, 7) is 8.68. The summed E-state index contributed by atoms with van der Waals surface area (Å²) in [6, 6.07) is 0. The Morgan fingerprint density at radius 1 is 1.44 bits per heavy atom. The second-order valence-electron chi connectivity index (χ2n) is 3.30. The van der Waals surface area contributed by atoms with E-state index in [2.05, 4.69) is 27.7 Å². The lowest BCUT2D eigenvalue weighted by Gasteiger charge is -2.25. The van der Waals surface area contributed by atoms with Crippen molar-refractivity contribution in [3.05, 3.63) is 0 Å². The fourth-order valence-electron chi connectivity index (χ4n) is 0.362. The third-order valence-electron chi connectivity index (χ3n) is 1.54. The Bertz CT molecular complexity index is 75.5. The van der Waals surface area contributed by atoms with Gasteiger partial charge in [0.15, 0.2) is 0 Å². The average Bonchev–Trinajstić information content (AvgIpc) is 1.64. The highest BCUT2D eigenvalue weighted by atomic mass is 32.2. The van der Waals surface area contributed by atoms with Gasteiger partial charge in [-0.1, -0.05) is 27.7 Å². The molecule has 0 aromatic carbocycles. The molecule has 1 N–H and O–H groups in total. The van der Waals surface area contributed by atoms with Crippen LogP contribution in [0.5, 0.6) is 0 Å². The molecule has 9 heavy (non-hydrogen) atoms. The topological polar surface area (TPSA) is 20.2 Å². The van der Waals surface area contributed by atoms with E-state index >= 15 is 0 Å². The van der Waals surface area contributed by atoms with Crippen molar-refractivity contribution in [3.8, 4) is 0 Å². The molecule has 0 amide bonds. The number of aliphatic hydroxyl groups excluding tert-OH is 1. The predicted molar refractivity (Wildman–Crippen MR) is 43.6 cm³/mol. The summed E-state index contributed by atoms with van der Waals surface area (Å²) in [5.74, 6) is 0.235. The number of hydrogen-bond donors (Lipinski definition) is 1. The molecule has 0 aliphatic carbocycles. The normalized spacial score (nSPS) is 15.7. The van der Waals surface area contributed by atoms with Crippen LogP contribution in [0.2, 0.25) is 0 Å². The molecule has 0 saturated carbocycles. The van der Waals surface area contributed by atoms with Crippen LogP contribution in [-0.2, 0) is 0 Å². The quantitative estimate of drug-likeness (QED) is 0.605.